The highest BCUT2D eigenvalue weighted by atomic mass is 35.5. The number of aromatic nitrogens is 1. The van der Waals surface area contributed by atoms with Crippen LogP contribution >= 0.6 is 11.6 Å². The van der Waals surface area contributed by atoms with E-state index in [1.165, 1.54) is 0 Å². The Labute approximate surface area is 158 Å². The SMILES string of the molecule is C[C@@H]1CN(C(=O)N2CCNc3cc(Cl)ccc32)CCN1c1ccccn1. The zero-order valence-corrected chi connectivity index (χ0v) is 15.5. The van der Waals surface area contributed by atoms with Crippen LogP contribution in [-0.4, -0.2) is 54.7 Å². The average molecular weight is 372 g/mol. The van der Waals surface area contributed by atoms with E-state index in [-0.39, 0.29) is 12.1 Å². The van der Waals surface area contributed by atoms with Crippen molar-refractivity contribution in [3.8, 4) is 0 Å². The third-order valence-corrected chi connectivity index (χ3v) is 5.21. The molecule has 0 radical (unpaired) electrons. The standard InChI is InChI=1S/C19H22ClN5O/c1-14-13-23(10-11-24(14)18-4-2-3-7-22-18)19(26)25-9-8-21-16-12-15(20)5-6-17(16)25/h2-7,12,14,21H,8-11,13H2,1H3/t14-/m1/s1. The maximum atomic E-state index is 13.1. The molecule has 4 rings (SSSR count). The van der Waals surface area contributed by atoms with Gasteiger partial charge in [-0.25, -0.2) is 9.78 Å². The number of hydrogen-bond donors (Lipinski definition) is 1. The monoisotopic (exact) mass is 371 g/mol. The highest BCUT2D eigenvalue weighted by Crippen LogP contribution is 2.32. The van der Waals surface area contributed by atoms with Gasteiger partial charge < -0.3 is 15.1 Å². The lowest BCUT2D eigenvalue weighted by Gasteiger charge is -2.43. The summed E-state index contributed by atoms with van der Waals surface area (Å²) in [6, 6.07) is 11.8. The van der Waals surface area contributed by atoms with Gasteiger partial charge in [0.2, 0.25) is 0 Å². The topological polar surface area (TPSA) is 51.7 Å². The normalized spacial score (nSPS) is 19.8. The van der Waals surface area contributed by atoms with Crippen molar-refractivity contribution in [1.82, 2.24) is 9.88 Å². The first kappa shape index (κ1) is 17.0. The van der Waals surface area contributed by atoms with Crippen LogP contribution in [0, 0.1) is 0 Å². The molecule has 0 bridgehead atoms. The van der Waals surface area contributed by atoms with Gasteiger partial charge in [-0.15, -0.1) is 0 Å². The molecule has 7 heteroatoms. The molecule has 136 valence electrons. The summed E-state index contributed by atoms with van der Waals surface area (Å²) in [5.41, 5.74) is 1.81. The zero-order valence-electron chi connectivity index (χ0n) is 14.7. The molecule has 1 fully saturated rings. The Hall–Kier alpha value is -2.47. The molecule has 0 spiro atoms. The van der Waals surface area contributed by atoms with Gasteiger partial charge >= 0.3 is 6.03 Å². The summed E-state index contributed by atoms with van der Waals surface area (Å²) in [6.07, 6.45) is 1.81. The van der Waals surface area contributed by atoms with E-state index in [1.807, 2.05) is 52.4 Å². The van der Waals surface area contributed by atoms with Crippen LogP contribution in [0.2, 0.25) is 5.02 Å². The van der Waals surface area contributed by atoms with Crippen molar-refractivity contribution >= 4 is 34.8 Å². The van der Waals surface area contributed by atoms with E-state index in [0.717, 1.165) is 30.3 Å². The third kappa shape index (κ3) is 3.17. The van der Waals surface area contributed by atoms with Crippen LogP contribution in [0.1, 0.15) is 6.92 Å². The second kappa shape index (κ2) is 7.03. The lowest BCUT2D eigenvalue weighted by Crippen LogP contribution is -2.57. The molecular formula is C19H22ClN5O. The lowest BCUT2D eigenvalue weighted by atomic mass is 10.1. The number of pyridine rings is 1. The van der Waals surface area contributed by atoms with E-state index in [4.69, 9.17) is 11.6 Å². The molecule has 26 heavy (non-hydrogen) atoms. The maximum absolute atomic E-state index is 13.1. The first-order valence-electron chi connectivity index (χ1n) is 8.91. The van der Waals surface area contributed by atoms with Gasteiger partial charge in [0.05, 0.1) is 11.4 Å². The Morgan fingerprint density at radius 2 is 2.12 bits per heavy atom. The Kier molecular flexibility index (Phi) is 4.59. The molecule has 3 heterocycles. The molecule has 6 nitrogen and oxygen atoms in total. The quantitative estimate of drug-likeness (QED) is 0.835. The molecule has 0 saturated carbocycles. The van der Waals surface area contributed by atoms with E-state index in [2.05, 4.69) is 22.1 Å². The number of fused-ring (bicyclic) bond motifs is 1. The fourth-order valence-corrected chi connectivity index (χ4v) is 3.84. The van der Waals surface area contributed by atoms with Crippen LogP contribution in [0.5, 0.6) is 0 Å². The predicted octanol–water partition coefficient (Wildman–Crippen LogP) is 3.30. The fourth-order valence-electron chi connectivity index (χ4n) is 3.67. The third-order valence-electron chi connectivity index (χ3n) is 4.97. The maximum Gasteiger partial charge on any atom is 0.324 e. The van der Waals surface area contributed by atoms with E-state index in [0.29, 0.717) is 24.7 Å². The minimum Gasteiger partial charge on any atom is -0.382 e. The van der Waals surface area contributed by atoms with Gasteiger partial charge in [0.15, 0.2) is 0 Å². The van der Waals surface area contributed by atoms with E-state index < -0.39 is 0 Å². The molecule has 2 aliphatic rings. The average Bonchev–Trinajstić information content (AvgIpc) is 2.67. The molecule has 1 atom stereocenters. The van der Waals surface area contributed by atoms with Gasteiger partial charge in [0, 0.05) is 50.0 Å². The second-order valence-electron chi connectivity index (χ2n) is 6.70. The first-order valence-corrected chi connectivity index (χ1v) is 9.29. The van der Waals surface area contributed by atoms with Crippen LogP contribution in [0.3, 0.4) is 0 Å². The summed E-state index contributed by atoms with van der Waals surface area (Å²) in [5, 5.41) is 3.98. The fraction of sp³-hybridized carbons (Fsp3) is 0.368. The summed E-state index contributed by atoms with van der Waals surface area (Å²) in [4.78, 5) is 23.6. The van der Waals surface area contributed by atoms with E-state index in [9.17, 15) is 4.79 Å². The van der Waals surface area contributed by atoms with Gasteiger partial charge in [-0.1, -0.05) is 17.7 Å². The van der Waals surface area contributed by atoms with E-state index in [1.54, 1.807) is 0 Å². The predicted molar refractivity (Wildman–Crippen MR) is 105 cm³/mol. The Balaban J connectivity index is 1.49. The van der Waals surface area contributed by atoms with Crippen molar-refractivity contribution in [3.63, 3.8) is 0 Å². The number of urea groups is 1. The second-order valence-corrected chi connectivity index (χ2v) is 7.14. The summed E-state index contributed by atoms with van der Waals surface area (Å²) in [6.45, 7) is 5.67. The summed E-state index contributed by atoms with van der Waals surface area (Å²) < 4.78 is 0. The van der Waals surface area contributed by atoms with Gasteiger partial charge in [-0.05, 0) is 37.3 Å². The summed E-state index contributed by atoms with van der Waals surface area (Å²) in [7, 11) is 0. The minimum atomic E-state index is 0.0580. The van der Waals surface area contributed by atoms with Crippen molar-refractivity contribution in [2.24, 2.45) is 0 Å². The zero-order chi connectivity index (χ0) is 18.1. The molecule has 2 aliphatic heterocycles. The molecule has 1 N–H and O–H groups in total. The molecule has 1 aromatic carbocycles. The number of nitrogens with zero attached hydrogens (tertiary/aromatic N) is 4. The number of benzene rings is 1. The first-order chi connectivity index (χ1) is 12.6. The number of carbonyl (C=O) groups excluding carboxylic acids is 1. The van der Waals surface area contributed by atoms with Crippen molar-refractivity contribution in [2.75, 3.05) is 47.8 Å². The Morgan fingerprint density at radius 3 is 2.88 bits per heavy atom. The number of piperazine rings is 1. The molecule has 1 aromatic heterocycles. The van der Waals surface area contributed by atoms with Gasteiger partial charge in [0.1, 0.15) is 5.82 Å². The van der Waals surface area contributed by atoms with Crippen LogP contribution in [0.15, 0.2) is 42.6 Å². The van der Waals surface area contributed by atoms with Crippen LogP contribution in [0.25, 0.3) is 0 Å². The minimum absolute atomic E-state index is 0.0580. The molecule has 0 aliphatic carbocycles. The Morgan fingerprint density at radius 1 is 1.23 bits per heavy atom. The molecule has 0 unspecified atom stereocenters. The van der Waals surface area contributed by atoms with Crippen molar-refractivity contribution < 1.29 is 4.79 Å². The van der Waals surface area contributed by atoms with Gasteiger partial charge in [0.25, 0.3) is 0 Å². The number of rotatable bonds is 1. The Bertz CT molecular complexity index is 800. The number of hydrogen-bond acceptors (Lipinski definition) is 4. The van der Waals surface area contributed by atoms with Crippen molar-refractivity contribution in [1.29, 1.82) is 0 Å². The number of halogens is 1. The summed E-state index contributed by atoms with van der Waals surface area (Å²) in [5.74, 6) is 0.967. The smallest absolute Gasteiger partial charge is 0.324 e. The number of amides is 2. The highest BCUT2D eigenvalue weighted by Gasteiger charge is 2.32. The van der Waals surface area contributed by atoms with Crippen LogP contribution < -0.4 is 15.1 Å². The van der Waals surface area contributed by atoms with E-state index >= 15 is 0 Å². The number of carbonyl (C=O) groups is 1. The lowest BCUT2D eigenvalue weighted by molar-refractivity contribution is 0.193. The molecule has 2 aromatic rings. The molecule has 2 amide bonds. The molecular weight excluding hydrogens is 350 g/mol. The number of anilines is 3. The van der Waals surface area contributed by atoms with Gasteiger partial charge in [-0.2, -0.15) is 0 Å². The summed E-state index contributed by atoms with van der Waals surface area (Å²) >= 11 is 6.08. The van der Waals surface area contributed by atoms with Gasteiger partial charge in [-0.3, -0.25) is 4.90 Å². The van der Waals surface area contributed by atoms with Crippen molar-refractivity contribution in [2.45, 2.75) is 13.0 Å². The molecule has 1 saturated heterocycles. The van der Waals surface area contributed by atoms with Crippen molar-refractivity contribution in [3.05, 3.63) is 47.6 Å². The highest BCUT2D eigenvalue weighted by molar-refractivity contribution is 6.31. The number of nitrogens with one attached hydrogen (secondary N) is 1. The largest absolute Gasteiger partial charge is 0.382 e. The van der Waals surface area contributed by atoms with Crippen LogP contribution in [-0.2, 0) is 0 Å². The van der Waals surface area contributed by atoms with Crippen LogP contribution in [0.4, 0.5) is 22.0 Å².